The largest absolute Gasteiger partial charge is 0.388 e. The molecule has 2 unspecified atom stereocenters. The summed E-state index contributed by atoms with van der Waals surface area (Å²) in [7, 11) is 0. The fourth-order valence-electron chi connectivity index (χ4n) is 1.98. The lowest BCUT2D eigenvalue weighted by Crippen LogP contribution is -2.20. The predicted molar refractivity (Wildman–Crippen MR) is 77.5 cm³/mol. The van der Waals surface area contributed by atoms with E-state index in [1.165, 1.54) is 0 Å². The number of aromatic nitrogens is 1. The molecule has 0 amide bonds. The number of halogens is 2. The zero-order valence-electron chi connectivity index (χ0n) is 10.1. The van der Waals surface area contributed by atoms with Crippen LogP contribution in [0, 0.1) is 0 Å². The summed E-state index contributed by atoms with van der Waals surface area (Å²) in [5.74, 6) is -0.239. The minimum absolute atomic E-state index is 0.239. The van der Waals surface area contributed by atoms with Crippen LogP contribution in [0.1, 0.15) is 23.1 Å². The maximum Gasteiger partial charge on any atom is 0.0871 e. The molecule has 0 bridgehead atoms. The van der Waals surface area contributed by atoms with E-state index in [1.807, 2.05) is 6.07 Å². The van der Waals surface area contributed by atoms with Gasteiger partial charge in [-0.15, -0.1) is 0 Å². The summed E-state index contributed by atoms with van der Waals surface area (Å²) in [6.45, 7) is 0.307. The second-order valence-electron chi connectivity index (χ2n) is 4.24. The highest BCUT2D eigenvalue weighted by atomic mass is 35.5. The number of pyridine rings is 1. The number of benzene rings is 1. The molecule has 19 heavy (non-hydrogen) atoms. The standard InChI is InChI=1S/C14H14Cl2N2O/c15-12-2-1-10(7-13(12)16)11(8-17)14(19)9-3-5-18-6-4-9/h1-7,11,14,19H,8,17H2. The number of aliphatic hydroxyl groups is 1. The van der Waals surface area contributed by atoms with Crippen LogP contribution in [-0.4, -0.2) is 16.6 Å². The van der Waals surface area contributed by atoms with Crippen molar-refractivity contribution in [1.29, 1.82) is 0 Å². The maximum atomic E-state index is 10.4. The molecule has 3 N–H and O–H groups in total. The molecule has 0 aliphatic heterocycles. The van der Waals surface area contributed by atoms with Crippen molar-refractivity contribution in [2.45, 2.75) is 12.0 Å². The Morgan fingerprint density at radius 3 is 2.32 bits per heavy atom. The molecule has 0 aliphatic rings. The zero-order valence-corrected chi connectivity index (χ0v) is 11.6. The van der Waals surface area contributed by atoms with Crippen LogP contribution in [0.4, 0.5) is 0 Å². The lowest BCUT2D eigenvalue weighted by molar-refractivity contribution is 0.147. The highest BCUT2D eigenvalue weighted by Crippen LogP contribution is 2.33. The van der Waals surface area contributed by atoms with E-state index >= 15 is 0 Å². The van der Waals surface area contributed by atoms with Gasteiger partial charge in [0.25, 0.3) is 0 Å². The molecule has 5 heteroatoms. The topological polar surface area (TPSA) is 59.1 Å². The summed E-state index contributed by atoms with van der Waals surface area (Å²) in [5.41, 5.74) is 7.42. The van der Waals surface area contributed by atoms with Crippen LogP contribution >= 0.6 is 23.2 Å². The van der Waals surface area contributed by atoms with E-state index in [0.29, 0.717) is 16.6 Å². The molecule has 100 valence electrons. The van der Waals surface area contributed by atoms with Gasteiger partial charge in [0.05, 0.1) is 16.1 Å². The Bertz CT molecular complexity index is 548. The molecule has 0 fully saturated rings. The number of hydrogen-bond donors (Lipinski definition) is 2. The molecule has 0 saturated heterocycles. The predicted octanol–water partition coefficient (Wildman–Crippen LogP) is 3.16. The second kappa shape index (κ2) is 6.35. The Morgan fingerprint density at radius 2 is 1.74 bits per heavy atom. The third-order valence-corrected chi connectivity index (χ3v) is 3.79. The minimum atomic E-state index is -0.703. The SMILES string of the molecule is NCC(c1ccc(Cl)c(Cl)c1)C(O)c1ccncc1. The molecule has 1 heterocycles. The van der Waals surface area contributed by atoms with Gasteiger partial charge in [-0.25, -0.2) is 0 Å². The Labute approximate surface area is 122 Å². The summed E-state index contributed by atoms with van der Waals surface area (Å²) >= 11 is 11.9. The zero-order chi connectivity index (χ0) is 13.8. The van der Waals surface area contributed by atoms with Crippen LogP contribution in [0.25, 0.3) is 0 Å². The van der Waals surface area contributed by atoms with Crippen LogP contribution in [-0.2, 0) is 0 Å². The van der Waals surface area contributed by atoms with Gasteiger partial charge in [0.2, 0.25) is 0 Å². The van der Waals surface area contributed by atoms with Crippen LogP contribution in [0.3, 0.4) is 0 Å². The van der Waals surface area contributed by atoms with Crippen molar-refractivity contribution in [3.05, 3.63) is 63.9 Å². The van der Waals surface area contributed by atoms with Crippen molar-refractivity contribution in [3.8, 4) is 0 Å². The Kier molecular flexibility index (Phi) is 4.77. The van der Waals surface area contributed by atoms with Crippen LogP contribution in [0.5, 0.6) is 0 Å². The van der Waals surface area contributed by atoms with Crippen LogP contribution < -0.4 is 5.73 Å². The van der Waals surface area contributed by atoms with Crippen molar-refractivity contribution in [1.82, 2.24) is 4.98 Å². The lowest BCUT2D eigenvalue weighted by atomic mass is 9.89. The fraction of sp³-hybridized carbons (Fsp3) is 0.214. The third kappa shape index (κ3) is 3.25. The Hall–Kier alpha value is -1.13. The summed E-state index contributed by atoms with van der Waals surface area (Å²) in [6, 6.07) is 8.82. The minimum Gasteiger partial charge on any atom is -0.388 e. The summed E-state index contributed by atoms with van der Waals surface area (Å²) in [4.78, 5) is 3.93. The molecule has 0 aliphatic carbocycles. The normalized spacial score (nSPS) is 14.1. The Balaban J connectivity index is 2.31. The van der Waals surface area contributed by atoms with Gasteiger partial charge in [0.1, 0.15) is 0 Å². The van der Waals surface area contributed by atoms with E-state index in [4.69, 9.17) is 28.9 Å². The third-order valence-electron chi connectivity index (χ3n) is 3.05. The van der Waals surface area contributed by atoms with E-state index in [0.717, 1.165) is 11.1 Å². The fourth-order valence-corrected chi connectivity index (χ4v) is 2.29. The molecular formula is C14H14Cl2N2O. The van der Waals surface area contributed by atoms with E-state index in [1.54, 1.807) is 36.7 Å². The van der Waals surface area contributed by atoms with Gasteiger partial charge >= 0.3 is 0 Å². The molecule has 1 aromatic carbocycles. The monoisotopic (exact) mass is 296 g/mol. The average Bonchev–Trinajstić information content (AvgIpc) is 2.44. The molecule has 2 rings (SSSR count). The molecule has 2 aromatic rings. The first kappa shape index (κ1) is 14.3. The van der Waals surface area contributed by atoms with E-state index in [9.17, 15) is 5.11 Å². The highest BCUT2D eigenvalue weighted by Gasteiger charge is 2.22. The van der Waals surface area contributed by atoms with Gasteiger partial charge in [-0.2, -0.15) is 0 Å². The van der Waals surface area contributed by atoms with Gasteiger partial charge in [0.15, 0.2) is 0 Å². The molecule has 0 radical (unpaired) electrons. The average molecular weight is 297 g/mol. The van der Waals surface area contributed by atoms with Crippen molar-refractivity contribution < 1.29 is 5.11 Å². The molecule has 2 atom stereocenters. The first-order valence-corrected chi connectivity index (χ1v) is 6.62. The first-order chi connectivity index (χ1) is 9.13. The van der Waals surface area contributed by atoms with E-state index < -0.39 is 6.10 Å². The Morgan fingerprint density at radius 1 is 1.05 bits per heavy atom. The smallest absolute Gasteiger partial charge is 0.0871 e. The first-order valence-electron chi connectivity index (χ1n) is 5.86. The van der Waals surface area contributed by atoms with Gasteiger partial charge in [-0.1, -0.05) is 29.3 Å². The van der Waals surface area contributed by atoms with E-state index in [2.05, 4.69) is 4.98 Å². The second-order valence-corrected chi connectivity index (χ2v) is 5.06. The van der Waals surface area contributed by atoms with E-state index in [-0.39, 0.29) is 5.92 Å². The molecule has 3 nitrogen and oxygen atoms in total. The number of nitrogens with two attached hydrogens (primary N) is 1. The van der Waals surface area contributed by atoms with Gasteiger partial charge in [-0.3, -0.25) is 4.98 Å². The number of rotatable bonds is 4. The van der Waals surface area contributed by atoms with Crippen molar-refractivity contribution in [2.24, 2.45) is 5.73 Å². The van der Waals surface area contributed by atoms with Crippen molar-refractivity contribution >= 4 is 23.2 Å². The highest BCUT2D eigenvalue weighted by molar-refractivity contribution is 6.42. The van der Waals surface area contributed by atoms with Crippen molar-refractivity contribution in [3.63, 3.8) is 0 Å². The quantitative estimate of drug-likeness (QED) is 0.911. The van der Waals surface area contributed by atoms with Crippen LogP contribution in [0.2, 0.25) is 10.0 Å². The lowest BCUT2D eigenvalue weighted by Gasteiger charge is -2.22. The summed E-state index contributed by atoms with van der Waals surface area (Å²) in [6.07, 6.45) is 2.58. The molecule has 0 saturated carbocycles. The van der Waals surface area contributed by atoms with Gasteiger partial charge in [-0.05, 0) is 35.4 Å². The van der Waals surface area contributed by atoms with Gasteiger partial charge in [0, 0.05) is 24.9 Å². The number of hydrogen-bond acceptors (Lipinski definition) is 3. The maximum absolute atomic E-state index is 10.4. The molecule has 0 spiro atoms. The number of aliphatic hydroxyl groups excluding tert-OH is 1. The summed E-state index contributed by atoms with van der Waals surface area (Å²) in [5, 5.41) is 11.4. The molecule has 1 aromatic heterocycles. The number of nitrogens with zero attached hydrogens (tertiary/aromatic N) is 1. The van der Waals surface area contributed by atoms with Gasteiger partial charge < -0.3 is 10.8 Å². The molecular weight excluding hydrogens is 283 g/mol. The van der Waals surface area contributed by atoms with Crippen molar-refractivity contribution in [2.75, 3.05) is 6.54 Å². The van der Waals surface area contributed by atoms with Crippen LogP contribution in [0.15, 0.2) is 42.7 Å². The summed E-state index contributed by atoms with van der Waals surface area (Å²) < 4.78 is 0.